The lowest BCUT2D eigenvalue weighted by molar-refractivity contribution is -0.118. The number of nitrogens with zero attached hydrogens (tertiary/aromatic N) is 5. The number of piperidine rings is 1. The Hall–Kier alpha value is -4.71. The zero-order valence-electron chi connectivity index (χ0n) is 18.1. The van der Waals surface area contributed by atoms with Crippen molar-refractivity contribution in [2.45, 2.75) is 12.8 Å². The number of H-pyrrole nitrogens is 2. The van der Waals surface area contributed by atoms with Crippen molar-refractivity contribution < 1.29 is 4.79 Å². The summed E-state index contributed by atoms with van der Waals surface area (Å²) in [5.41, 5.74) is 5.62. The van der Waals surface area contributed by atoms with Crippen LogP contribution in [0.3, 0.4) is 0 Å². The minimum atomic E-state index is -0.265. The van der Waals surface area contributed by atoms with Crippen LogP contribution < -0.4 is 10.6 Å². The van der Waals surface area contributed by atoms with Crippen molar-refractivity contribution >= 4 is 28.3 Å². The topological polar surface area (TPSA) is 123 Å². The van der Waals surface area contributed by atoms with Gasteiger partial charge in [0.25, 0.3) is 0 Å². The third-order valence-electron chi connectivity index (χ3n) is 6.15. The van der Waals surface area contributed by atoms with E-state index in [0.29, 0.717) is 35.5 Å². The van der Waals surface area contributed by atoms with Crippen LogP contribution in [0.2, 0.25) is 0 Å². The van der Waals surface area contributed by atoms with Gasteiger partial charge in [0.05, 0.1) is 40.6 Å². The molecule has 0 spiro atoms. The molecular weight excluding hydrogens is 430 g/mol. The van der Waals surface area contributed by atoms with Crippen LogP contribution in [0.5, 0.6) is 0 Å². The van der Waals surface area contributed by atoms with E-state index in [2.05, 4.69) is 21.0 Å². The van der Waals surface area contributed by atoms with Crippen LogP contribution in [0.4, 0.5) is 5.82 Å². The monoisotopic (exact) mass is 449 g/mol. The average Bonchev–Trinajstić information content (AvgIpc) is 3.43. The molecule has 1 aliphatic rings. The fraction of sp³-hybridized carbons (Fsp3) is 0.160. The summed E-state index contributed by atoms with van der Waals surface area (Å²) in [6.45, 7) is 1.06. The average molecular weight is 449 g/mol. The number of Topliss-reactive ketones (excluding diaryl/α,β-unsaturated/α-hetero) is 1. The highest BCUT2D eigenvalue weighted by atomic mass is 16.1. The molecule has 166 valence electrons. The molecule has 3 aromatic heterocycles. The molecule has 4 heterocycles. The number of fused-ring (bicyclic) bond motifs is 2. The molecule has 0 saturated carbocycles. The molecule has 6 rings (SSSR count). The number of nitrogens with one attached hydrogen (secondary N) is 2. The lowest BCUT2D eigenvalue weighted by Crippen LogP contribution is -2.36. The Bertz CT molecular complexity index is 1670. The van der Waals surface area contributed by atoms with Gasteiger partial charge in [0, 0.05) is 36.5 Å². The summed E-state index contributed by atoms with van der Waals surface area (Å²) >= 11 is 0. The van der Waals surface area contributed by atoms with E-state index in [1.165, 1.54) is 0 Å². The van der Waals surface area contributed by atoms with Crippen LogP contribution in [0.25, 0.3) is 39.2 Å². The highest BCUT2D eigenvalue weighted by Crippen LogP contribution is 2.36. The van der Waals surface area contributed by atoms with Crippen molar-refractivity contribution in [1.29, 1.82) is 5.26 Å². The molecule has 1 fully saturated rings. The van der Waals surface area contributed by atoms with Gasteiger partial charge in [-0.25, -0.2) is 14.8 Å². The fourth-order valence-corrected chi connectivity index (χ4v) is 4.57. The fourth-order valence-electron chi connectivity index (χ4n) is 4.57. The third-order valence-corrected chi connectivity index (χ3v) is 6.15. The summed E-state index contributed by atoms with van der Waals surface area (Å²) in [6.07, 6.45) is 4.94. The van der Waals surface area contributed by atoms with Crippen LogP contribution in [-0.4, -0.2) is 43.2 Å². The van der Waals surface area contributed by atoms with Crippen molar-refractivity contribution in [2.75, 3.05) is 18.0 Å². The molecule has 1 aliphatic heterocycles. The number of anilines is 1. The molecule has 9 heteroatoms. The third kappa shape index (κ3) is 3.24. The van der Waals surface area contributed by atoms with Crippen molar-refractivity contribution in [2.24, 2.45) is 0 Å². The maximum absolute atomic E-state index is 12.1. The van der Waals surface area contributed by atoms with E-state index in [-0.39, 0.29) is 11.5 Å². The largest absolute Gasteiger partial charge is 0.346 e. The first-order valence-corrected chi connectivity index (χ1v) is 11.0. The van der Waals surface area contributed by atoms with Crippen molar-refractivity contribution in [3.63, 3.8) is 0 Å². The Morgan fingerprint density at radius 3 is 2.59 bits per heavy atom. The summed E-state index contributed by atoms with van der Waals surface area (Å²) in [5, 5.41) is 9.21. The number of benzene rings is 2. The number of aromatic amines is 2. The summed E-state index contributed by atoms with van der Waals surface area (Å²) in [6, 6.07) is 15.1. The second-order valence-corrected chi connectivity index (χ2v) is 8.35. The number of carbonyl (C=O) groups is 1. The molecule has 0 unspecified atom stereocenters. The van der Waals surface area contributed by atoms with Crippen molar-refractivity contribution in [3.05, 3.63) is 70.9 Å². The van der Waals surface area contributed by atoms with Crippen LogP contribution in [0.15, 0.2) is 59.7 Å². The Morgan fingerprint density at radius 2 is 1.79 bits per heavy atom. The molecule has 0 amide bonds. The first kappa shape index (κ1) is 19.9. The molecule has 5 aromatic rings. The predicted molar refractivity (Wildman–Crippen MR) is 128 cm³/mol. The van der Waals surface area contributed by atoms with E-state index in [9.17, 15) is 14.9 Å². The maximum Gasteiger partial charge on any atom is 0.323 e. The van der Waals surface area contributed by atoms with Crippen LogP contribution in [-0.2, 0) is 4.79 Å². The lowest BCUT2D eigenvalue weighted by atomic mass is 10.0. The van der Waals surface area contributed by atoms with Gasteiger partial charge in [-0.3, -0.25) is 9.20 Å². The van der Waals surface area contributed by atoms with Crippen LogP contribution in [0, 0.1) is 11.3 Å². The van der Waals surface area contributed by atoms with Gasteiger partial charge < -0.3 is 14.9 Å². The van der Waals surface area contributed by atoms with Gasteiger partial charge in [0.15, 0.2) is 17.2 Å². The number of rotatable bonds is 3. The smallest absolute Gasteiger partial charge is 0.323 e. The quantitative estimate of drug-likeness (QED) is 0.436. The second-order valence-electron chi connectivity index (χ2n) is 8.35. The van der Waals surface area contributed by atoms with Crippen LogP contribution >= 0.6 is 0 Å². The van der Waals surface area contributed by atoms with E-state index in [1.54, 1.807) is 18.3 Å². The van der Waals surface area contributed by atoms with Gasteiger partial charge in [-0.05, 0) is 30.7 Å². The number of hydrogen-bond acceptors (Lipinski definition) is 6. The Labute approximate surface area is 193 Å². The molecule has 0 aliphatic carbocycles. The number of hydrogen-bond donors (Lipinski definition) is 2. The first-order valence-electron chi connectivity index (χ1n) is 11.0. The Kier molecular flexibility index (Phi) is 4.52. The van der Waals surface area contributed by atoms with Gasteiger partial charge in [-0.2, -0.15) is 5.26 Å². The summed E-state index contributed by atoms with van der Waals surface area (Å²) in [4.78, 5) is 41.1. The van der Waals surface area contributed by atoms with E-state index < -0.39 is 0 Å². The molecule has 0 radical (unpaired) electrons. The van der Waals surface area contributed by atoms with Gasteiger partial charge >= 0.3 is 5.69 Å². The SMILES string of the molecule is N#Cc1ccc(-c2nc3c(N4CCCC(=O)C4)nccn3c2-c2ccc3[nH]c(=O)[nH]c3c2)cc1. The highest BCUT2D eigenvalue weighted by molar-refractivity contribution is 5.90. The number of aromatic nitrogens is 5. The minimum absolute atomic E-state index is 0.191. The molecule has 2 N–H and O–H groups in total. The maximum atomic E-state index is 12.1. The number of nitriles is 1. The predicted octanol–water partition coefficient (Wildman–Crippen LogP) is 3.27. The standard InChI is InChI=1S/C25H19N7O2/c26-13-15-3-5-16(6-4-15)21-22(17-7-8-19-20(12-17)29-25(34)28-19)32-11-9-27-23(24(32)30-21)31-10-1-2-18(33)14-31/h3-9,11-12H,1-2,10,14H2,(H2,28,29,34). The molecule has 0 bridgehead atoms. The highest BCUT2D eigenvalue weighted by Gasteiger charge is 2.24. The summed E-state index contributed by atoms with van der Waals surface area (Å²) < 4.78 is 1.97. The zero-order chi connectivity index (χ0) is 23.2. The molecule has 0 atom stereocenters. The Morgan fingerprint density at radius 1 is 1.00 bits per heavy atom. The normalized spacial score (nSPS) is 14.1. The minimum Gasteiger partial charge on any atom is -0.346 e. The summed E-state index contributed by atoms with van der Waals surface area (Å²) in [5.74, 6) is 0.851. The molecular formula is C25H19N7O2. The van der Waals surface area contributed by atoms with Gasteiger partial charge in [-0.15, -0.1) is 0 Å². The van der Waals surface area contributed by atoms with Crippen molar-refractivity contribution in [1.82, 2.24) is 24.3 Å². The molecule has 9 nitrogen and oxygen atoms in total. The van der Waals surface area contributed by atoms with Crippen molar-refractivity contribution in [3.8, 4) is 28.6 Å². The van der Waals surface area contributed by atoms with E-state index in [4.69, 9.17) is 4.98 Å². The van der Waals surface area contributed by atoms with Gasteiger partial charge in [0.2, 0.25) is 0 Å². The second kappa shape index (κ2) is 7.71. The number of imidazole rings is 2. The van der Waals surface area contributed by atoms with Crippen LogP contribution in [0.1, 0.15) is 18.4 Å². The van der Waals surface area contributed by atoms with Gasteiger partial charge in [0.1, 0.15) is 0 Å². The number of carbonyl (C=O) groups excluding carboxylic acids is 1. The zero-order valence-corrected chi connectivity index (χ0v) is 18.1. The molecule has 1 saturated heterocycles. The van der Waals surface area contributed by atoms with Gasteiger partial charge in [-0.1, -0.05) is 18.2 Å². The molecule has 34 heavy (non-hydrogen) atoms. The van der Waals surface area contributed by atoms with E-state index >= 15 is 0 Å². The van der Waals surface area contributed by atoms with E-state index in [0.717, 1.165) is 41.0 Å². The summed E-state index contributed by atoms with van der Waals surface area (Å²) in [7, 11) is 0. The van der Waals surface area contributed by atoms with E-state index in [1.807, 2.05) is 45.8 Å². The molecule has 2 aromatic carbocycles. The Balaban J connectivity index is 1.61. The lowest BCUT2D eigenvalue weighted by Gasteiger charge is -2.26. The first-order chi connectivity index (χ1) is 16.6. The number of ketones is 1.